The molecule has 0 aliphatic carbocycles. The van der Waals surface area contributed by atoms with Crippen molar-refractivity contribution >= 4 is 27.7 Å². The van der Waals surface area contributed by atoms with Crippen molar-refractivity contribution in [1.82, 2.24) is 9.80 Å². The number of sulfonamides is 1. The molecule has 3 aromatic carbocycles. The van der Waals surface area contributed by atoms with Crippen LogP contribution in [-0.2, 0) is 14.8 Å². The molecule has 37 heavy (non-hydrogen) atoms. The van der Waals surface area contributed by atoms with Crippen LogP contribution < -0.4 is 4.31 Å². The van der Waals surface area contributed by atoms with Gasteiger partial charge >= 0.3 is 0 Å². The Hall–Kier alpha value is -3.42. The number of aryl methyl sites for hydroxylation is 3. The van der Waals surface area contributed by atoms with Gasteiger partial charge in [0.1, 0.15) is 6.54 Å². The molecule has 1 amide bonds. The molecular weight excluding hydrogens is 482 g/mol. The number of benzene rings is 3. The molecule has 6 nitrogen and oxygen atoms in total. The summed E-state index contributed by atoms with van der Waals surface area (Å²) >= 11 is 0. The normalized spacial score (nSPS) is 14.7. The number of nitrogens with zero attached hydrogens (tertiary/aromatic N) is 3. The maximum absolute atomic E-state index is 13.7. The molecule has 0 N–H and O–H groups in total. The Morgan fingerprint density at radius 3 is 2.19 bits per heavy atom. The van der Waals surface area contributed by atoms with Crippen molar-refractivity contribution in [3.05, 3.63) is 101 Å². The highest BCUT2D eigenvalue weighted by Gasteiger charge is 2.30. The van der Waals surface area contributed by atoms with Gasteiger partial charge < -0.3 is 4.90 Å². The number of hydrogen-bond acceptors (Lipinski definition) is 4. The third-order valence-corrected chi connectivity index (χ3v) is 8.65. The van der Waals surface area contributed by atoms with E-state index in [9.17, 15) is 13.2 Å². The third-order valence-electron chi connectivity index (χ3n) is 6.86. The van der Waals surface area contributed by atoms with Crippen LogP contribution in [0.15, 0.2) is 83.8 Å². The van der Waals surface area contributed by atoms with E-state index in [4.69, 9.17) is 0 Å². The summed E-state index contributed by atoms with van der Waals surface area (Å²) in [5.41, 5.74) is 4.69. The van der Waals surface area contributed by atoms with E-state index < -0.39 is 10.0 Å². The van der Waals surface area contributed by atoms with E-state index in [1.165, 1.54) is 4.31 Å². The Balaban J connectivity index is 1.45. The first kappa shape index (κ1) is 26.6. The summed E-state index contributed by atoms with van der Waals surface area (Å²) in [5.74, 6) is -0.187. The average molecular weight is 518 g/mol. The summed E-state index contributed by atoms with van der Waals surface area (Å²) in [5, 5.41) is 0. The van der Waals surface area contributed by atoms with Gasteiger partial charge in [-0.3, -0.25) is 14.0 Å². The molecule has 1 saturated heterocycles. The van der Waals surface area contributed by atoms with Crippen molar-refractivity contribution in [1.29, 1.82) is 0 Å². The predicted molar refractivity (Wildman–Crippen MR) is 150 cm³/mol. The lowest BCUT2D eigenvalue weighted by Crippen LogP contribution is -2.51. The highest BCUT2D eigenvalue weighted by molar-refractivity contribution is 7.92. The van der Waals surface area contributed by atoms with Gasteiger partial charge in [-0.15, -0.1) is 0 Å². The predicted octanol–water partition coefficient (Wildman–Crippen LogP) is 4.66. The van der Waals surface area contributed by atoms with Crippen LogP contribution in [0.25, 0.3) is 6.08 Å². The molecule has 1 fully saturated rings. The summed E-state index contributed by atoms with van der Waals surface area (Å²) in [7, 11) is -3.92. The fourth-order valence-corrected chi connectivity index (χ4v) is 5.74. The molecule has 0 unspecified atom stereocenters. The molecule has 0 atom stereocenters. The summed E-state index contributed by atoms with van der Waals surface area (Å²) in [6.45, 7) is 9.07. The Morgan fingerprint density at radius 2 is 1.54 bits per heavy atom. The summed E-state index contributed by atoms with van der Waals surface area (Å²) in [4.78, 5) is 17.6. The maximum Gasteiger partial charge on any atom is 0.264 e. The van der Waals surface area contributed by atoms with Gasteiger partial charge in [0.05, 0.1) is 10.6 Å². The van der Waals surface area contributed by atoms with Gasteiger partial charge in [-0.1, -0.05) is 66.2 Å². The van der Waals surface area contributed by atoms with Gasteiger partial charge in [0.2, 0.25) is 5.91 Å². The molecule has 0 aromatic heterocycles. The molecule has 4 rings (SSSR count). The number of hydrogen-bond donors (Lipinski definition) is 0. The second kappa shape index (κ2) is 11.8. The van der Waals surface area contributed by atoms with Crippen LogP contribution in [0.5, 0.6) is 0 Å². The summed E-state index contributed by atoms with van der Waals surface area (Å²) in [6, 6.07) is 22.4. The molecule has 194 valence electrons. The van der Waals surface area contributed by atoms with Gasteiger partial charge in [0.25, 0.3) is 10.0 Å². The van der Waals surface area contributed by atoms with Crippen LogP contribution in [-0.4, -0.2) is 63.4 Å². The number of rotatable bonds is 8. The minimum atomic E-state index is -3.92. The topological polar surface area (TPSA) is 60.9 Å². The first-order valence-electron chi connectivity index (χ1n) is 12.6. The molecule has 1 aliphatic rings. The van der Waals surface area contributed by atoms with Crippen LogP contribution in [0.2, 0.25) is 0 Å². The lowest BCUT2D eigenvalue weighted by atomic mass is 10.1. The Morgan fingerprint density at radius 1 is 0.865 bits per heavy atom. The Bertz CT molecular complexity index is 1340. The van der Waals surface area contributed by atoms with E-state index in [2.05, 4.69) is 29.2 Å². The van der Waals surface area contributed by atoms with Crippen molar-refractivity contribution in [2.45, 2.75) is 25.7 Å². The quantitative estimate of drug-likeness (QED) is 0.436. The maximum atomic E-state index is 13.7. The van der Waals surface area contributed by atoms with E-state index in [0.717, 1.165) is 41.9 Å². The molecule has 0 spiro atoms. The van der Waals surface area contributed by atoms with Crippen LogP contribution in [0.3, 0.4) is 0 Å². The second-order valence-corrected chi connectivity index (χ2v) is 11.5. The van der Waals surface area contributed by atoms with Crippen LogP contribution >= 0.6 is 0 Å². The zero-order valence-corrected chi connectivity index (χ0v) is 22.6. The highest BCUT2D eigenvalue weighted by Crippen LogP contribution is 2.26. The van der Waals surface area contributed by atoms with E-state index in [1.54, 1.807) is 35.2 Å². The summed E-state index contributed by atoms with van der Waals surface area (Å²) < 4.78 is 28.6. The van der Waals surface area contributed by atoms with Gasteiger partial charge in [0, 0.05) is 32.7 Å². The lowest BCUT2D eigenvalue weighted by Gasteiger charge is -2.35. The van der Waals surface area contributed by atoms with Crippen molar-refractivity contribution < 1.29 is 13.2 Å². The van der Waals surface area contributed by atoms with Crippen LogP contribution in [0, 0.1) is 20.8 Å². The molecular formula is C30H35N3O3S. The van der Waals surface area contributed by atoms with Crippen molar-refractivity contribution in [2.24, 2.45) is 0 Å². The fourth-order valence-electron chi connectivity index (χ4n) is 4.34. The molecule has 0 bridgehead atoms. The lowest BCUT2D eigenvalue weighted by molar-refractivity contribution is -0.131. The van der Waals surface area contributed by atoms with Gasteiger partial charge in [-0.2, -0.15) is 0 Å². The number of amides is 1. The largest absolute Gasteiger partial charge is 0.339 e. The molecule has 0 radical (unpaired) electrons. The van der Waals surface area contributed by atoms with E-state index in [0.29, 0.717) is 18.8 Å². The number of anilines is 1. The number of carbonyl (C=O) groups excluding carboxylic acids is 1. The molecule has 1 aliphatic heterocycles. The van der Waals surface area contributed by atoms with Gasteiger partial charge in [0.15, 0.2) is 0 Å². The summed E-state index contributed by atoms with van der Waals surface area (Å²) in [6.07, 6.45) is 4.25. The van der Waals surface area contributed by atoms with Crippen molar-refractivity contribution in [3.8, 4) is 0 Å². The monoisotopic (exact) mass is 517 g/mol. The Kier molecular flexibility index (Phi) is 8.46. The number of carbonyl (C=O) groups is 1. The SMILES string of the molecule is Cc1ccc(S(=O)(=O)N(CC(=O)N2CCN(C/C=C/c3ccccc3)CC2)c2ccc(C)c(C)c2)cc1. The van der Waals surface area contributed by atoms with E-state index in [-0.39, 0.29) is 17.3 Å². The fraction of sp³-hybridized carbons (Fsp3) is 0.300. The molecule has 7 heteroatoms. The molecule has 1 heterocycles. The molecule has 3 aromatic rings. The first-order chi connectivity index (χ1) is 17.7. The standard InChI is InChI=1S/C30H35N3O3S/c1-24-11-15-29(16-12-24)37(35,36)33(28-14-13-25(2)26(3)22-28)23-30(34)32-20-18-31(19-21-32)17-7-10-27-8-5-4-6-9-27/h4-16,22H,17-21,23H2,1-3H3/b10-7+. The molecule has 0 saturated carbocycles. The van der Waals surface area contributed by atoms with Gasteiger partial charge in [-0.05, 0) is 61.7 Å². The van der Waals surface area contributed by atoms with Gasteiger partial charge in [-0.25, -0.2) is 8.42 Å². The van der Waals surface area contributed by atoms with E-state index in [1.807, 2.05) is 51.1 Å². The number of piperazine rings is 1. The minimum absolute atomic E-state index is 0.180. The average Bonchev–Trinajstić information content (AvgIpc) is 2.90. The minimum Gasteiger partial charge on any atom is -0.339 e. The smallest absolute Gasteiger partial charge is 0.264 e. The zero-order valence-electron chi connectivity index (χ0n) is 21.8. The van der Waals surface area contributed by atoms with Crippen LogP contribution in [0.4, 0.5) is 5.69 Å². The zero-order chi connectivity index (χ0) is 26.4. The van der Waals surface area contributed by atoms with Crippen LogP contribution in [0.1, 0.15) is 22.3 Å². The first-order valence-corrected chi connectivity index (χ1v) is 14.1. The second-order valence-electron chi connectivity index (χ2n) is 9.59. The van der Waals surface area contributed by atoms with Crippen molar-refractivity contribution in [2.75, 3.05) is 43.6 Å². The highest BCUT2D eigenvalue weighted by atomic mass is 32.2. The van der Waals surface area contributed by atoms with Crippen molar-refractivity contribution in [3.63, 3.8) is 0 Å². The Labute approximate surface area is 220 Å². The third kappa shape index (κ3) is 6.67. The van der Waals surface area contributed by atoms with E-state index >= 15 is 0 Å².